The molecule has 0 atom stereocenters. The van der Waals surface area contributed by atoms with Gasteiger partial charge in [-0.25, -0.2) is 0 Å². The number of hydrogen-bond donors (Lipinski definition) is 1. The van der Waals surface area contributed by atoms with Crippen molar-refractivity contribution in [2.24, 2.45) is 0 Å². The van der Waals surface area contributed by atoms with Gasteiger partial charge in [-0.1, -0.05) is 20.4 Å². The number of anilines is 1. The van der Waals surface area contributed by atoms with E-state index in [0.29, 0.717) is 6.61 Å². The van der Waals surface area contributed by atoms with E-state index in [1.165, 1.54) is 11.5 Å². The Morgan fingerprint density at radius 1 is 1.33 bits per heavy atom. The summed E-state index contributed by atoms with van der Waals surface area (Å²) in [6.07, 6.45) is 0. The second-order valence-corrected chi connectivity index (χ2v) is 5.51. The number of ether oxygens (including phenoxy) is 1. The van der Waals surface area contributed by atoms with Crippen molar-refractivity contribution in [1.29, 1.82) is 0 Å². The maximum Gasteiger partial charge on any atom is 0.136 e. The second kappa shape index (κ2) is 5.67. The van der Waals surface area contributed by atoms with Crippen LogP contribution in [0.4, 0.5) is 5.00 Å². The van der Waals surface area contributed by atoms with Crippen molar-refractivity contribution >= 4 is 32.5 Å². The van der Waals surface area contributed by atoms with Gasteiger partial charge in [-0.3, -0.25) is 0 Å². The Bertz CT molecular complexity index is 533. The van der Waals surface area contributed by atoms with E-state index in [1.54, 1.807) is 0 Å². The molecular weight excluding hydrogens is 314 g/mol. The molecule has 96 valence electrons. The minimum absolute atomic E-state index is 0.424. The van der Waals surface area contributed by atoms with Gasteiger partial charge in [0.1, 0.15) is 23.1 Å². The Morgan fingerprint density at radius 2 is 2.00 bits per heavy atom. The van der Waals surface area contributed by atoms with Crippen LogP contribution in [0.25, 0.3) is 0 Å². The maximum absolute atomic E-state index is 5.75. The monoisotopic (exact) mass is 327 g/mol. The Hall–Kier alpha value is -1.14. The van der Waals surface area contributed by atoms with Crippen LogP contribution in [0.15, 0.2) is 16.6 Å². The minimum atomic E-state index is 0.424. The highest BCUT2D eigenvalue weighted by atomic mass is 79.9. The summed E-state index contributed by atoms with van der Waals surface area (Å²) in [6, 6.07) is 4.02. The van der Waals surface area contributed by atoms with Gasteiger partial charge in [0, 0.05) is 23.1 Å². The first-order valence-corrected chi connectivity index (χ1v) is 7.07. The third-order valence-electron chi connectivity index (χ3n) is 2.57. The molecule has 0 fully saturated rings. The van der Waals surface area contributed by atoms with Crippen LogP contribution in [0.3, 0.4) is 0 Å². The lowest BCUT2D eigenvalue weighted by atomic mass is 10.1. The summed E-state index contributed by atoms with van der Waals surface area (Å²) in [4.78, 5) is 0. The maximum atomic E-state index is 5.75. The lowest BCUT2D eigenvalue weighted by Gasteiger charge is -2.09. The van der Waals surface area contributed by atoms with Crippen LogP contribution in [-0.4, -0.2) is 16.6 Å². The fourth-order valence-corrected chi connectivity index (χ4v) is 2.38. The predicted molar refractivity (Wildman–Crippen MR) is 77.4 cm³/mol. The van der Waals surface area contributed by atoms with E-state index >= 15 is 0 Å². The third-order valence-corrected chi connectivity index (χ3v) is 4.60. The molecule has 0 spiro atoms. The molecule has 0 bridgehead atoms. The lowest BCUT2D eigenvalue weighted by Crippen LogP contribution is -2.00. The Labute approximate surface area is 119 Å². The average Bonchev–Trinajstić information content (AvgIpc) is 2.80. The molecule has 4 nitrogen and oxygen atoms in total. The summed E-state index contributed by atoms with van der Waals surface area (Å²) in [5.41, 5.74) is 3.16. The molecule has 0 saturated heterocycles. The van der Waals surface area contributed by atoms with Crippen LogP contribution < -0.4 is 10.1 Å². The molecule has 0 saturated carbocycles. The Morgan fingerprint density at radius 3 is 2.61 bits per heavy atom. The van der Waals surface area contributed by atoms with Crippen LogP contribution in [-0.2, 0) is 6.61 Å². The zero-order chi connectivity index (χ0) is 13.1. The smallest absolute Gasteiger partial charge is 0.136 e. The van der Waals surface area contributed by atoms with Gasteiger partial charge in [0.25, 0.3) is 0 Å². The van der Waals surface area contributed by atoms with Crippen molar-refractivity contribution in [2.75, 3.05) is 12.4 Å². The fourth-order valence-electron chi connectivity index (χ4n) is 1.63. The van der Waals surface area contributed by atoms with E-state index in [9.17, 15) is 0 Å². The molecule has 0 aliphatic carbocycles. The molecule has 2 rings (SSSR count). The molecule has 1 aromatic heterocycles. The number of rotatable bonds is 4. The highest BCUT2D eigenvalue weighted by Crippen LogP contribution is 2.27. The molecule has 1 heterocycles. The van der Waals surface area contributed by atoms with E-state index in [2.05, 4.69) is 30.8 Å². The predicted octanol–water partition coefficient (Wildman–Crippen LogP) is 3.54. The number of nitrogens with zero attached hydrogens (tertiary/aromatic N) is 2. The van der Waals surface area contributed by atoms with E-state index in [0.717, 1.165) is 32.0 Å². The molecule has 0 radical (unpaired) electrons. The lowest BCUT2D eigenvalue weighted by molar-refractivity contribution is 0.301. The molecule has 0 unspecified atom stereocenters. The molecular formula is C12H14BrN3OS. The van der Waals surface area contributed by atoms with Crippen LogP contribution in [0, 0.1) is 13.8 Å². The molecule has 0 amide bonds. The van der Waals surface area contributed by atoms with Crippen LogP contribution in [0.1, 0.15) is 16.8 Å². The van der Waals surface area contributed by atoms with E-state index in [1.807, 2.05) is 33.0 Å². The third kappa shape index (κ3) is 2.81. The van der Waals surface area contributed by atoms with Gasteiger partial charge in [-0.15, -0.1) is 5.10 Å². The summed E-state index contributed by atoms with van der Waals surface area (Å²) in [6.45, 7) is 4.52. The van der Waals surface area contributed by atoms with Crippen molar-refractivity contribution in [1.82, 2.24) is 9.59 Å². The molecule has 0 aliphatic heterocycles. The quantitative estimate of drug-likeness (QED) is 0.933. The van der Waals surface area contributed by atoms with Gasteiger partial charge in [-0.05, 0) is 37.1 Å². The summed E-state index contributed by atoms with van der Waals surface area (Å²) < 4.78 is 10.8. The van der Waals surface area contributed by atoms with Crippen molar-refractivity contribution in [3.63, 3.8) is 0 Å². The first kappa shape index (κ1) is 13.3. The number of nitrogens with one attached hydrogen (secondary N) is 1. The normalized spacial score (nSPS) is 10.4. The van der Waals surface area contributed by atoms with Crippen LogP contribution in [0.2, 0.25) is 0 Å². The van der Waals surface area contributed by atoms with Crippen LogP contribution in [0.5, 0.6) is 5.75 Å². The number of aromatic nitrogens is 2. The number of hydrogen-bond acceptors (Lipinski definition) is 5. The van der Waals surface area contributed by atoms with Crippen molar-refractivity contribution in [3.05, 3.63) is 33.4 Å². The van der Waals surface area contributed by atoms with E-state index in [4.69, 9.17) is 4.74 Å². The highest BCUT2D eigenvalue weighted by molar-refractivity contribution is 9.10. The number of aryl methyl sites for hydroxylation is 2. The molecule has 0 aliphatic rings. The van der Waals surface area contributed by atoms with Gasteiger partial charge < -0.3 is 10.1 Å². The van der Waals surface area contributed by atoms with Crippen molar-refractivity contribution in [2.45, 2.75) is 20.5 Å². The standard InChI is InChI=1S/C12H14BrN3OS/c1-7-4-9(5-8(2)11(7)13)17-6-10-12(14-3)18-16-15-10/h4-5,14H,6H2,1-3H3. The first-order valence-electron chi connectivity index (χ1n) is 5.50. The fraction of sp³-hybridized carbons (Fsp3) is 0.333. The minimum Gasteiger partial charge on any atom is -0.487 e. The van der Waals surface area contributed by atoms with Gasteiger partial charge in [-0.2, -0.15) is 0 Å². The molecule has 6 heteroatoms. The zero-order valence-electron chi connectivity index (χ0n) is 10.5. The van der Waals surface area contributed by atoms with Gasteiger partial charge in [0.05, 0.1) is 0 Å². The van der Waals surface area contributed by atoms with E-state index < -0.39 is 0 Å². The second-order valence-electron chi connectivity index (χ2n) is 3.96. The van der Waals surface area contributed by atoms with E-state index in [-0.39, 0.29) is 0 Å². The zero-order valence-corrected chi connectivity index (χ0v) is 12.9. The topological polar surface area (TPSA) is 47.0 Å². The van der Waals surface area contributed by atoms with Gasteiger partial charge in [0.2, 0.25) is 0 Å². The molecule has 1 aromatic carbocycles. The van der Waals surface area contributed by atoms with Crippen molar-refractivity contribution < 1.29 is 4.74 Å². The average molecular weight is 328 g/mol. The molecule has 1 N–H and O–H groups in total. The summed E-state index contributed by atoms with van der Waals surface area (Å²) in [7, 11) is 1.85. The van der Waals surface area contributed by atoms with Gasteiger partial charge >= 0.3 is 0 Å². The molecule has 18 heavy (non-hydrogen) atoms. The largest absolute Gasteiger partial charge is 0.487 e. The highest BCUT2D eigenvalue weighted by Gasteiger charge is 2.08. The first-order chi connectivity index (χ1) is 8.61. The Kier molecular flexibility index (Phi) is 4.19. The van der Waals surface area contributed by atoms with Crippen LogP contribution >= 0.6 is 27.5 Å². The summed E-state index contributed by atoms with van der Waals surface area (Å²) in [5, 5.41) is 8.03. The SMILES string of the molecule is CNc1snnc1COc1cc(C)c(Br)c(C)c1. The molecule has 2 aromatic rings. The van der Waals surface area contributed by atoms with Gasteiger partial charge in [0.15, 0.2) is 0 Å². The van der Waals surface area contributed by atoms with Crippen molar-refractivity contribution in [3.8, 4) is 5.75 Å². The number of benzene rings is 1. The summed E-state index contributed by atoms with van der Waals surface area (Å²) in [5.74, 6) is 0.850. The number of halogens is 1. The summed E-state index contributed by atoms with van der Waals surface area (Å²) >= 11 is 4.87. The Balaban J connectivity index is 2.11.